The fourth-order valence-electron chi connectivity index (χ4n) is 1.82. The minimum absolute atomic E-state index is 0.0924. The van der Waals surface area contributed by atoms with Gasteiger partial charge in [0.2, 0.25) is 0 Å². The third-order valence-corrected chi connectivity index (χ3v) is 2.90. The predicted molar refractivity (Wildman–Crippen MR) is 80.6 cm³/mol. The Morgan fingerprint density at radius 1 is 1.37 bits per heavy atom. The molecule has 0 bridgehead atoms. The van der Waals surface area contributed by atoms with Crippen molar-refractivity contribution in [2.24, 2.45) is 0 Å². The number of nitrogens with one attached hydrogen (secondary N) is 1. The quantitative estimate of drug-likeness (QED) is 0.826. The monoisotopic (exact) mass is 261 g/mol. The molecule has 0 aliphatic carbocycles. The van der Waals surface area contributed by atoms with E-state index in [0.717, 1.165) is 11.3 Å². The molecule has 1 rings (SSSR count). The number of nitrogens with zero attached hydrogens (tertiary/aromatic N) is 2. The van der Waals surface area contributed by atoms with Crippen molar-refractivity contribution in [1.82, 2.24) is 10.2 Å². The second-order valence-corrected chi connectivity index (χ2v) is 4.85. The molecule has 0 aromatic heterocycles. The minimum Gasteiger partial charge on any atom is -0.377 e. The molecule has 104 valence electrons. The van der Waals surface area contributed by atoms with Crippen molar-refractivity contribution >= 4 is 11.7 Å². The molecule has 4 heteroatoms. The maximum Gasteiger partial charge on any atom is 0.317 e. The third-order valence-electron chi connectivity index (χ3n) is 2.90. The van der Waals surface area contributed by atoms with Crippen LogP contribution in [0.4, 0.5) is 10.5 Å². The van der Waals surface area contributed by atoms with Crippen molar-refractivity contribution in [3.05, 3.63) is 42.0 Å². The molecule has 0 unspecified atom stereocenters. The summed E-state index contributed by atoms with van der Waals surface area (Å²) >= 11 is 0. The molecular weight excluding hydrogens is 238 g/mol. The van der Waals surface area contributed by atoms with E-state index in [2.05, 4.69) is 41.9 Å². The van der Waals surface area contributed by atoms with Gasteiger partial charge < -0.3 is 15.1 Å². The highest BCUT2D eigenvalue weighted by Crippen LogP contribution is 2.20. The smallest absolute Gasteiger partial charge is 0.317 e. The summed E-state index contributed by atoms with van der Waals surface area (Å²) in [7, 11) is 5.76. The van der Waals surface area contributed by atoms with E-state index in [-0.39, 0.29) is 6.03 Å². The Morgan fingerprint density at radius 2 is 2.05 bits per heavy atom. The molecule has 19 heavy (non-hydrogen) atoms. The fraction of sp³-hybridized carbons (Fsp3) is 0.400. The van der Waals surface area contributed by atoms with Crippen LogP contribution in [0.2, 0.25) is 0 Å². The Labute approximate surface area is 115 Å². The predicted octanol–water partition coefficient (Wildman–Crippen LogP) is 2.39. The van der Waals surface area contributed by atoms with Crippen LogP contribution in [0.1, 0.15) is 11.1 Å². The topological polar surface area (TPSA) is 35.6 Å². The van der Waals surface area contributed by atoms with Crippen LogP contribution in [0.3, 0.4) is 0 Å². The molecule has 0 aliphatic rings. The van der Waals surface area contributed by atoms with E-state index in [4.69, 9.17) is 0 Å². The zero-order valence-corrected chi connectivity index (χ0v) is 12.2. The van der Waals surface area contributed by atoms with Gasteiger partial charge in [0.1, 0.15) is 0 Å². The number of aryl methyl sites for hydroxylation is 1. The van der Waals surface area contributed by atoms with Crippen LogP contribution in [0.25, 0.3) is 0 Å². The van der Waals surface area contributed by atoms with Crippen molar-refractivity contribution in [2.75, 3.05) is 32.6 Å². The van der Waals surface area contributed by atoms with E-state index in [1.54, 1.807) is 18.0 Å². The van der Waals surface area contributed by atoms with Crippen molar-refractivity contribution in [1.29, 1.82) is 0 Å². The van der Waals surface area contributed by atoms with E-state index in [0.29, 0.717) is 13.1 Å². The molecule has 2 amide bonds. The number of likely N-dealkylation sites (N-methyl/N-ethyl adjacent to an activating group) is 1. The standard InChI is InChI=1S/C15H23N3O/c1-6-9-18(5)15(19)16-11-13-8-7-12(2)10-14(13)17(3)4/h6-8,10H,1,9,11H2,2-5H3,(H,16,19). The highest BCUT2D eigenvalue weighted by Gasteiger charge is 2.09. The van der Waals surface area contributed by atoms with Gasteiger partial charge in [-0.15, -0.1) is 6.58 Å². The van der Waals surface area contributed by atoms with E-state index in [9.17, 15) is 4.79 Å². The molecule has 1 aromatic rings. The lowest BCUT2D eigenvalue weighted by Crippen LogP contribution is -2.37. The number of rotatable bonds is 5. The van der Waals surface area contributed by atoms with Crippen LogP contribution in [-0.2, 0) is 6.54 Å². The first-order chi connectivity index (χ1) is 8.95. The summed E-state index contributed by atoms with van der Waals surface area (Å²) in [4.78, 5) is 15.5. The molecule has 0 aliphatic heterocycles. The van der Waals surface area contributed by atoms with Gasteiger partial charge in [-0.1, -0.05) is 18.2 Å². The van der Waals surface area contributed by atoms with Gasteiger partial charge >= 0.3 is 6.03 Å². The van der Waals surface area contributed by atoms with E-state index < -0.39 is 0 Å². The second-order valence-electron chi connectivity index (χ2n) is 4.85. The summed E-state index contributed by atoms with van der Waals surface area (Å²) in [5, 5.41) is 2.91. The van der Waals surface area contributed by atoms with Crippen LogP contribution in [-0.4, -0.2) is 38.6 Å². The number of amides is 2. The maximum atomic E-state index is 11.8. The Balaban J connectivity index is 2.72. The van der Waals surface area contributed by atoms with Crippen LogP contribution in [0, 0.1) is 6.92 Å². The van der Waals surface area contributed by atoms with Gasteiger partial charge in [0.25, 0.3) is 0 Å². The molecule has 0 fully saturated rings. The van der Waals surface area contributed by atoms with Crippen molar-refractivity contribution in [3.63, 3.8) is 0 Å². The Kier molecular flexibility index (Phi) is 5.42. The summed E-state index contributed by atoms with van der Waals surface area (Å²) in [6.07, 6.45) is 1.71. The molecular formula is C15H23N3O. The number of benzene rings is 1. The molecule has 0 radical (unpaired) electrons. The third kappa shape index (κ3) is 4.32. The molecule has 1 aromatic carbocycles. The van der Waals surface area contributed by atoms with Crippen molar-refractivity contribution in [3.8, 4) is 0 Å². The van der Waals surface area contributed by atoms with Crippen LogP contribution >= 0.6 is 0 Å². The van der Waals surface area contributed by atoms with E-state index >= 15 is 0 Å². The first-order valence-electron chi connectivity index (χ1n) is 6.32. The summed E-state index contributed by atoms with van der Waals surface area (Å²) < 4.78 is 0. The molecule has 0 atom stereocenters. The zero-order chi connectivity index (χ0) is 14.4. The normalized spacial score (nSPS) is 9.89. The zero-order valence-electron chi connectivity index (χ0n) is 12.2. The second kappa shape index (κ2) is 6.83. The molecule has 0 saturated carbocycles. The van der Waals surface area contributed by atoms with Crippen LogP contribution < -0.4 is 10.2 Å². The van der Waals surface area contributed by atoms with Crippen molar-refractivity contribution in [2.45, 2.75) is 13.5 Å². The Bertz CT molecular complexity index is 455. The van der Waals surface area contributed by atoms with E-state index in [1.807, 2.05) is 14.1 Å². The summed E-state index contributed by atoms with van der Waals surface area (Å²) in [6, 6.07) is 6.14. The number of carbonyl (C=O) groups excluding carboxylic acids is 1. The van der Waals surface area contributed by atoms with Gasteiger partial charge in [-0.3, -0.25) is 0 Å². The van der Waals surface area contributed by atoms with Gasteiger partial charge in [0.05, 0.1) is 0 Å². The number of hydrogen-bond donors (Lipinski definition) is 1. The lowest BCUT2D eigenvalue weighted by atomic mass is 10.1. The van der Waals surface area contributed by atoms with Gasteiger partial charge in [-0.2, -0.15) is 0 Å². The molecule has 0 spiro atoms. The van der Waals surface area contributed by atoms with E-state index in [1.165, 1.54) is 5.56 Å². The molecule has 0 saturated heterocycles. The molecule has 1 N–H and O–H groups in total. The highest BCUT2D eigenvalue weighted by molar-refractivity contribution is 5.74. The van der Waals surface area contributed by atoms with Crippen LogP contribution in [0.15, 0.2) is 30.9 Å². The lowest BCUT2D eigenvalue weighted by Gasteiger charge is -2.20. The lowest BCUT2D eigenvalue weighted by molar-refractivity contribution is 0.213. The summed E-state index contributed by atoms with van der Waals surface area (Å²) in [5.74, 6) is 0. The number of urea groups is 1. The SMILES string of the molecule is C=CCN(C)C(=O)NCc1ccc(C)cc1N(C)C. The van der Waals surface area contributed by atoms with Crippen LogP contribution in [0.5, 0.6) is 0 Å². The van der Waals surface area contributed by atoms with Gasteiger partial charge in [0, 0.05) is 39.9 Å². The summed E-state index contributed by atoms with van der Waals surface area (Å²) in [5.41, 5.74) is 3.45. The number of carbonyl (C=O) groups is 1. The molecule has 0 heterocycles. The van der Waals surface area contributed by atoms with Gasteiger partial charge in [-0.05, 0) is 24.1 Å². The average molecular weight is 261 g/mol. The maximum absolute atomic E-state index is 11.8. The Hall–Kier alpha value is -1.97. The number of hydrogen-bond acceptors (Lipinski definition) is 2. The Morgan fingerprint density at radius 3 is 2.63 bits per heavy atom. The minimum atomic E-state index is -0.0924. The number of anilines is 1. The molecule has 4 nitrogen and oxygen atoms in total. The van der Waals surface area contributed by atoms with Gasteiger partial charge in [-0.25, -0.2) is 4.79 Å². The summed E-state index contributed by atoms with van der Waals surface area (Å²) in [6.45, 7) is 6.75. The van der Waals surface area contributed by atoms with Crippen molar-refractivity contribution < 1.29 is 4.79 Å². The fourth-order valence-corrected chi connectivity index (χ4v) is 1.82. The van der Waals surface area contributed by atoms with Gasteiger partial charge in [0.15, 0.2) is 0 Å². The first kappa shape index (κ1) is 15.1. The largest absolute Gasteiger partial charge is 0.377 e. The highest BCUT2D eigenvalue weighted by atomic mass is 16.2. The first-order valence-corrected chi connectivity index (χ1v) is 6.32. The average Bonchev–Trinajstić information content (AvgIpc) is 2.36.